The molecule has 2 aromatic heterocycles. The van der Waals surface area contributed by atoms with Gasteiger partial charge in [-0.25, -0.2) is 32.9 Å². The van der Waals surface area contributed by atoms with Crippen LogP contribution in [0, 0.1) is 0 Å². The second kappa shape index (κ2) is 11.4. The van der Waals surface area contributed by atoms with Crippen molar-refractivity contribution in [3.05, 3.63) is 36.9 Å². The summed E-state index contributed by atoms with van der Waals surface area (Å²) in [5, 5.41) is 8.11. The maximum atomic E-state index is 12.8. The maximum absolute atomic E-state index is 12.8. The van der Waals surface area contributed by atoms with Gasteiger partial charge >= 0.3 is 6.03 Å². The van der Waals surface area contributed by atoms with E-state index in [0.29, 0.717) is 17.9 Å². The van der Waals surface area contributed by atoms with Gasteiger partial charge in [0.1, 0.15) is 18.5 Å². The fourth-order valence-corrected chi connectivity index (χ4v) is 7.04. The molecule has 230 valence electrons. The number of imidazole rings is 1. The number of nitrogens with zero attached hydrogens (tertiary/aromatic N) is 4. The van der Waals surface area contributed by atoms with Gasteiger partial charge in [0.25, 0.3) is 5.91 Å². The van der Waals surface area contributed by atoms with Crippen LogP contribution in [0.2, 0.25) is 0 Å². The lowest BCUT2D eigenvalue weighted by atomic mass is 10.1. The number of hydrogen-bond acceptors (Lipinski definition) is 10. The lowest BCUT2D eigenvalue weighted by Gasteiger charge is -2.24. The van der Waals surface area contributed by atoms with Gasteiger partial charge in [-0.3, -0.25) is 14.7 Å². The van der Waals surface area contributed by atoms with Crippen LogP contribution in [0.1, 0.15) is 52.7 Å². The zero-order valence-corrected chi connectivity index (χ0v) is 24.8. The Kier molecular flexibility index (Phi) is 7.80. The molecule has 1 aromatic carbocycles. The molecular weight excluding hydrogens is 580 g/mol. The first kappa shape index (κ1) is 29.4. The topological polar surface area (TPSA) is 188 Å². The van der Waals surface area contributed by atoms with Crippen LogP contribution in [0.3, 0.4) is 0 Å². The molecule has 4 heterocycles. The summed E-state index contributed by atoms with van der Waals surface area (Å²) in [7, 11) is -3.65. The first-order chi connectivity index (χ1) is 20.5. The number of carbonyl (C=O) groups is 2. The number of sulfonamides is 1. The molecule has 3 aromatic rings. The molecule has 3 fully saturated rings. The third kappa shape index (κ3) is 5.92. The van der Waals surface area contributed by atoms with E-state index in [1.807, 2.05) is 6.92 Å². The molecule has 1 saturated carbocycles. The number of fused-ring (bicyclic) bond motifs is 2. The number of nitrogens with one attached hydrogen (secondary N) is 4. The molecule has 2 saturated heterocycles. The number of benzene rings is 1. The smallest absolute Gasteiger partial charge is 0.324 e. The van der Waals surface area contributed by atoms with Crippen LogP contribution in [0.15, 0.2) is 41.8 Å². The van der Waals surface area contributed by atoms with Crippen LogP contribution in [0.25, 0.3) is 11.2 Å². The Hall–Kier alpha value is -3.70. The largest absolute Gasteiger partial charge is 0.354 e. The minimum atomic E-state index is -3.65. The highest BCUT2D eigenvalue weighted by Crippen LogP contribution is 2.44. The molecule has 16 heteroatoms. The first-order valence-corrected chi connectivity index (χ1v) is 15.7. The van der Waals surface area contributed by atoms with E-state index < -0.39 is 46.4 Å². The third-order valence-electron chi connectivity index (χ3n) is 7.60. The highest BCUT2D eigenvalue weighted by molar-refractivity contribution is 7.89. The molecule has 3 amide bonds. The molecule has 6 rings (SSSR count). The van der Waals surface area contributed by atoms with Crippen LogP contribution in [0.4, 0.5) is 16.3 Å². The predicted molar refractivity (Wildman–Crippen MR) is 153 cm³/mol. The summed E-state index contributed by atoms with van der Waals surface area (Å²) in [6, 6.07) is 5.25. The van der Waals surface area contributed by atoms with Crippen molar-refractivity contribution in [1.29, 1.82) is 0 Å². The normalized spacial score (nSPS) is 25.1. The molecule has 4 N–H and O–H groups in total. The van der Waals surface area contributed by atoms with Crippen molar-refractivity contribution >= 4 is 44.6 Å². The van der Waals surface area contributed by atoms with Gasteiger partial charge in [0, 0.05) is 18.3 Å². The number of ether oxygens (including phenoxy) is 3. The second-order valence-electron chi connectivity index (χ2n) is 11.2. The van der Waals surface area contributed by atoms with Crippen molar-refractivity contribution in [2.75, 3.05) is 17.2 Å². The SMILES string of the molecule is CCNC(=O)[C@H]1O[C@@H](n2cnc3c(NC(=O)Nc4ccc(S(=O)(=O)NC5CCCC5)cc4)ncnc32)[C@@H]2OC(C)(C)O[C@@H]21. The van der Waals surface area contributed by atoms with E-state index in [0.717, 1.165) is 25.7 Å². The monoisotopic (exact) mass is 614 g/mol. The Morgan fingerprint density at radius 3 is 2.47 bits per heavy atom. The molecule has 0 radical (unpaired) electrons. The molecule has 4 atom stereocenters. The third-order valence-corrected chi connectivity index (χ3v) is 9.14. The van der Waals surface area contributed by atoms with Crippen molar-refractivity contribution in [2.45, 2.75) is 87.7 Å². The zero-order chi connectivity index (χ0) is 30.4. The number of aromatic nitrogens is 4. The van der Waals surface area contributed by atoms with E-state index >= 15 is 0 Å². The summed E-state index contributed by atoms with van der Waals surface area (Å²) in [5.74, 6) is -1.09. The Balaban J connectivity index is 1.16. The fourth-order valence-electron chi connectivity index (χ4n) is 5.73. The zero-order valence-electron chi connectivity index (χ0n) is 23.9. The minimum Gasteiger partial charge on any atom is -0.354 e. The first-order valence-electron chi connectivity index (χ1n) is 14.2. The second-order valence-corrected chi connectivity index (χ2v) is 12.9. The van der Waals surface area contributed by atoms with Gasteiger partial charge in [0.15, 0.2) is 35.1 Å². The van der Waals surface area contributed by atoms with Gasteiger partial charge < -0.3 is 24.8 Å². The Morgan fingerprint density at radius 1 is 1.02 bits per heavy atom. The van der Waals surface area contributed by atoms with Crippen molar-refractivity contribution in [1.82, 2.24) is 29.6 Å². The van der Waals surface area contributed by atoms with Crippen molar-refractivity contribution in [3.8, 4) is 0 Å². The van der Waals surface area contributed by atoms with Crippen molar-refractivity contribution in [2.24, 2.45) is 0 Å². The molecule has 0 unspecified atom stereocenters. The summed E-state index contributed by atoms with van der Waals surface area (Å²) in [5.41, 5.74) is 1.02. The van der Waals surface area contributed by atoms with E-state index in [-0.39, 0.29) is 28.2 Å². The van der Waals surface area contributed by atoms with E-state index in [2.05, 4.69) is 35.6 Å². The molecule has 0 spiro atoms. The molecule has 0 bridgehead atoms. The van der Waals surface area contributed by atoms with E-state index in [4.69, 9.17) is 14.2 Å². The lowest BCUT2D eigenvalue weighted by molar-refractivity contribution is -0.197. The summed E-state index contributed by atoms with van der Waals surface area (Å²) >= 11 is 0. The highest BCUT2D eigenvalue weighted by atomic mass is 32.2. The van der Waals surface area contributed by atoms with Gasteiger partial charge in [0.2, 0.25) is 10.0 Å². The van der Waals surface area contributed by atoms with Crippen LogP contribution < -0.4 is 20.7 Å². The number of urea groups is 1. The van der Waals surface area contributed by atoms with Crippen molar-refractivity contribution in [3.63, 3.8) is 0 Å². The molecule has 43 heavy (non-hydrogen) atoms. The van der Waals surface area contributed by atoms with Crippen LogP contribution >= 0.6 is 0 Å². The summed E-state index contributed by atoms with van der Waals surface area (Å²) < 4.78 is 47.9. The Morgan fingerprint density at radius 2 is 1.74 bits per heavy atom. The molecule has 15 nitrogen and oxygen atoms in total. The quantitative estimate of drug-likeness (QED) is 0.293. The minimum absolute atomic E-state index is 0.0451. The van der Waals surface area contributed by atoms with Crippen LogP contribution in [0.5, 0.6) is 0 Å². The van der Waals surface area contributed by atoms with E-state index in [1.54, 1.807) is 18.4 Å². The summed E-state index contributed by atoms with van der Waals surface area (Å²) in [6.45, 7) is 5.79. The molecule has 1 aliphatic carbocycles. The highest BCUT2D eigenvalue weighted by Gasteiger charge is 2.58. The molecule has 2 aliphatic heterocycles. The number of rotatable bonds is 8. The maximum Gasteiger partial charge on any atom is 0.324 e. The summed E-state index contributed by atoms with van der Waals surface area (Å²) in [4.78, 5) is 38.6. The van der Waals surface area contributed by atoms with Crippen LogP contribution in [-0.2, 0) is 29.0 Å². The Bertz CT molecular complexity index is 1620. The van der Waals surface area contributed by atoms with E-state index in [9.17, 15) is 18.0 Å². The number of likely N-dealkylation sites (N-methyl/N-ethyl adjacent to an activating group) is 1. The number of hydrogen-bond donors (Lipinski definition) is 4. The molecular formula is C27H34N8O7S. The Labute approximate surface area is 248 Å². The predicted octanol–water partition coefficient (Wildman–Crippen LogP) is 2.24. The number of anilines is 2. The standard InChI is InChI=1S/C27H34N8O7S/c1-4-28-24(36)20-19-21(42-27(2,3)41-19)25(40-20)35-14-31-18-22(29-13-30-23(18)35)33-26(37)32-15-9-11-17(12-10-15)43(38,39)34-16-7-5-6-8-16/h9-14,16,19-21,25,34H,4-8H2,1-3H3,(H,28,36)(H2,29,30,32,33,37)/t19-,20+,21-,25-/m1/s1. The van der Waals surface area contributed by atoms with Gasteiger partial charge in [-0.05, 0) is 57.9 Å². The van der Waals surface area contributed by atoms with Gasteiger partial charge in [0.05, 0.1) is 11.2 Å². The number of amides is 3. The average Bonchev–Trinajstić information content (AvgIpc) is 3.73. The van der Waals surface area contributed by atoms with Gasteiger partial charge in [-0.1, -0.05) is 12.8 Å². The lowest BCUT2D eigenvalue weighted by Crippen LogP contribution is -2.42. The van der Waals surface area contributed by atoms with E-state index in [1.165, 1.54) is 36.9 Å². The fraction of sp³-hybridized carbons (Fsp3) is 0.519. The van der Waals surface area contributed by atoms with Crippen LogP contribution in [-0.4, -0.2) is 76.6 Å². The van der Waals surface area contributed by atoms with Gasteiger partial charge in [-0.2, -0.15) is 0 Å². The van der Waals surface area contributed by atoms with Crippen molar-refractivity contribution < 1.29 is 32.2 Å². The average molecular weight is 615 g/mol. The number of carbonyl (C=O) groups excluding carboxylic acids is 2. The molecule has 3 aliphatic rings. The van der Waals surface area contributed by atoms with Gasteiger partial charge in [-0.15, -0.1) is 0 Å². The summed E-state index contributed by atoms with van der Waals surface area (Å²) in [6.07, 6.45) is 3.51.